The maximum atomic E-state index is 9.44. The first-order valence-electron chi connectivity index (χ1n) is 1.70. The van der Waals surface area contributed by atoms with Gasteiger partial charge in [-0.2, -0.15) is 0 Å². The van der Waals surface area contributed by atoms with Gasteiger partial charge in [0.15, 0.2) is 0 Å². The highest BCUT2D eigenvalue weighted by Gasteiger charge is 1.62. The normalized spacial score (nSPS) is 5.43. The van der Waals surface area contributed by atoms with Gasteiger partial charge in [-0.05, 0) is 13.8 Å². The fourth-order valence-electron chi connectivity index (χ4n) is 0. The topological polar surface area (TPSA) is 54.4 Å². The van der Waals surface area contributed by atoms with Crippen molar-refractivity contribution in [3.63, 3.8) is 0 Å². The summed E-state index contributed by atoms with van der Waals surface area (Å²) in [7, 11) is 0. The number of rotatable bonds is 0. The molecule has 0 bridgehead atoms. The number of hydrogen-bond donors (Lipinski definition) is 1. The van der Waals surface area contributed by atoms with Crippen LogP contribution in [-0.2, 0) is 9.59 Å². The maximum Gasteiger partial charge on any atom is 0.290 e. The second-order valence-corrected chi connectivity index (χ2v) is 1.01. The van der Waals surface area contributed by atoms with Crippen molar-refractivity contribution >= 4 is 12.3 Å². The Kier molecular flexibility index (Phi) is 12.1. The van der Waals surface area contributed by atoms with Gasteiger partial charge in [-0.1, -0.05) is 0 Å². The van der Waals surface area contributed by atoms with E-state index < -0.39 is 0 Å². The third-order valence-corrected chi connectivity index (χ3v) is 0. The molecule has 0 spiro atoms. The summed E-state index contributed by atoms with van der Waals surface area (Å²) in [5.74, 6) is 0.167. The van der Waals surface area contributed by atoms with Crippen LogP contribution in [0.5, 0.6) is 0 Å². The van der Waals surface area contributed by atoms with Crippen molar-refractivity contribution in [2.75, 3.05) is 0 Å². The Morgan fingerprint density at radius 2 is 1.57 bits per heavy atom. The summed E-state index contributed by atoms with van der Waals surface area (Å²) in [4.78, 5) is 17.8. The Morgan fingerprint density at radius 1 is 1.57 bits per heavy atom. The van der Waals surface area contributed by atoms with Gasteiger partial charge in [0, 0.05) is 0 Å². The van der Waals surface area contributed by atoms with Gasteiger partial charge in [-0.3, -0.25) is 4.79 Å². The van der Waals surface area contributed by atoms with E-state index in [1.54, 1.807) is 0 Å². The summed E-state index contributed by atoms with van der Waals surface area (Å²) in [5.41, 5.74) is 0. The molecule has 0 atom stereocenters. The highest BCUT2D eigenvalue weighted by molar-refractivity contribution is 5.72. The van der Waals surface area contributed by atoms with Crippen molar-refractivity contribution in [1.29, 1.82) is 0 Å². The molecule has 42 valence electrons. The van der Waals surface area contributed by atoms with Gasteiger partial charge >= 0.3 is 0 Å². The smallest absolute Gasteiger partial charge is 0.290 e. The highest BCUT2D eigenvalue weighted by atomic mass is 16.3. The molecule has 0 heterocycles. The van der Waals surface area contributed by atoms with Crippen LogP contribution < -0.4 is 0 Å². The van der Waals surface area contributed by atoms with Crippen LogP contribution in [0.3, 0.4) is 0 Å². The molecular weight excluding hydrogens is 96.0 g/mol. The molecule has 0 aliphatic heterocycles. The molecule has 0 radical (unpaired) electrons. The molecule has 0 aromatic carbocycles. The average Bonchev–Trinajstić information content (AvgIpc) is 1.33. The highest BCUT2D eigenvalue weighted by Crippen LogP contribution is 1.50. The van der Waals surface area contributed by atoms with E-state index >= 15 is 0 Å². The van der Waals surface area contributed by atoms with E-state index in [-0.39, 0.29) is 12.3 Å². The molecule has 3 heteroatoms. The second-order valence-electron chi connectivity index (χ2n) is 1.01. The summed E-state index contributed by atoms with van der Waals surface area (Å²) in [6, 6.07) is 0. The zero-order valence-corrected chi connectivity index (χ0v) is 4.34. The molecule has 0 saturated carbocycles. The number of ketones is 1. The standard InChI is InChI=1S/C3H6O.CH2O2/c1-3(2)4;2-1-3/h1-2H3;1H,(H,2,3). The summed E-state index contributed by atoms with van der Waals surface area (Å²) in [6.45, 7) is 2.81. The maximum absolute atomic E-state index is 9.44. The van der Waals surface area contributed by atoms with Gasteiger partial charge in [0.05, 0.1) is 0 Å². The molecule has 7 heavy (non-hydrogen) atoms. The van der Waals surface area contributed by atoms with Gasteiger partial charge in [-0.15, -0.1) is 0 Å². The predicted molar refractivity (Wildman–Crippen MR) is 25.0 cm³/mol. The van der Waals surface area contributed by atoms with Crippen LogP contribution in [0.1, 0.15) is 13.8 Å². The number of Topliss-reactive ketones (excluding diaryl/α,β-unsaturated/α-hetero) is 1. The third-order valence-electron chi connectivity index (χ3n) is 0. The molecule has 0 aromatic heterocycles. The van der Waals surface area contributed by atoms with Gasteiger partial charge in [0.2, 0.25) is 0 Å². The predicted octanol–water partition coefficient (Wildman–Crippen LogP) is 0.296. The lowest BCUT2D eigenvalue weighted by Gasteiger charge is -1.56. The minimum Gasteiger partial charge on any atom is -0.483 e. The minimum atomic E-state index is -0.250. The molecule has 0 rings (SSSR count). The monoisotopic (exact) mass is 104 g/mol. The van der Waals surface area contributed by atoms with Crippen molar-refractivity contribution in [2.45, 2.75) is 13.8 Å². The summed E-state index contributed by atoms with van der Waals surface area (Å²) in [5, 5.41) is 6.89. The Morgan fingerprint density at radius 3 is 1.57 bits per heavy atom. The Bertz CT molecular complexity index is 54.0. The minimum absolute atomic E-state index is 0.167. The van der Waals surface area contributed by atoms with Crippen LogP contribution >= 0.6 is 0 Å². The van der Waals surface area contributed by atoms with E-state index in [0.29, 0.717) is 0 Å². The Labute approximate surface area is 42.0 Å². The fourth-order valence-corrected chi connectivity index (χ4v) is 0. The summed E-state index contributed by atoms with van der Waals surface area (Å²) >= 11 is 0. The third kappa shape index (κ3) is 68.5. The lowest BCUT2D eigenvalue weighted by Crippen LogP contribution is -1.69. The SMILES string of the molecule is CC(C)=O.O=CO. The average molecular weight is 104 g/mol. The van der Waals surface area contributed by atoms with Crippen molar-refractivity contribution in [1.82, 2.24) is 0 Å². The molecule has 0 aromatic rings. The van der Waals surface area contributed by atoms with Crippen LogP contribution in [0.25, 0.3) is 0 Å². The van der Waals surface area contributed by atoms with E-state index in [4.69, 9.17) is 9.90 Å². The van der Waals surface area contributed by atoms with Gasteiger partial charge < -0.3 is 9.90 Å². The van der Waals surface area contributed by atoms with Crippen LogP contribution in [0, 0.1) is 0 Å². The molecular formula is C4H8O3. The largest absolute Gasteiger partial charge is 0.483 e. The first kappa shape index (κ1) is 9.46. The molecule has 0 aliphatic carbocycles. The Hall–Kier alpha value is -0.860. The van der Waals surface area contributed by atoms with E-state index in [0.717, 1.165) is 0 Å². The van der Waals surface area contributed by atoms with Crippen molar-refractivity contribution < 1.29 is 14.7 Å². The lowest BCUT2D eigenvalue weighted by atomic mass is 10.6. The van der Waals surface area contributed by atoms with E-state index in [1.165, 1.54) is 13.8 Å². The van der Waals surface area contributed by atoms with Gasteiger partial charge in [-0.25, -0.2) is 0 Å². The zero-order valence-electron chi connectivity index (χ0n) is 4.34. The van der Waals surface area contributed by atoms with Crippen molar-refractivity contribution in [3.8, 4) is 0 Å². The quantitative estimate of drug-likeness (QED) is 0.449. The van der Waals surface area contributed by atoms with Gasteiger partial charge in [0.1, 0.15) is 5.78 Å². The number of carbonyl (C=O) groups excluding carboxylic acids is 1. The molecule has 1 N–H and O–H groups in total. The number of carbonyl (C=O) groups is 2. The zero-order chi connectivity index (χ0) is 6.28. The number of hydrogen-bond acceptors (Lipinski definition) is 2. The number of carboxylic acid groups (broad SMARTS) is 1. The van der Waals surface area contributed by atoms with Crippen LogP contribution in [0.2, 0.25) is 0 Å². The van der Waals surface area contributed by atoms with Crippen molar-refractivity contribution in [2.24, 2.45) is 0 Å². The summed E-state index contributed by atoms with van der Waals surface area (Å²) in [6.07, 6.45) is 0. The van der Waals surface area contributed by atoms with Crippen LogP contribution in [0.4, 0.5) is 0 Å². The molecule has 3 nitrogen and oxygen atoms in total. The van der Waals surface area contributed by atoms with Crippen molar-refractivity contribution in [3.05, 3.63) is 0 Å². The van der Waals surface area contributed by atoms with E-state index in [2.05, 4.69) is 0 Å². The molecule has 0 aliphatic rings. The molecule has 0 fully saturated rings. The Balaban J connectivity index is 0. The molecule has 0 saturated heterocycles. The first-order valence-corrected chi connectivity index (χ1v) is 1.70. The summed E-state index contributed by atoms with van der Waals surface area (Å²) < 4.78 is 0. The molecule has 0 unspecified atom stereocenters. The van der Waals surface area contributed by atoms with Crippen LogP contribution in [-0.4, -0.2) is 17.4 Å². The second kappa shape index (κ2) is 8.94. The molecule has 0 amide bonds. The van der Waals surface area contributed by atoms with E-state index in [9.17, 15) is 4.79 Å². The first-order chi connectivity index (χ1) is 3.15. The van der Waals surface area contributed by atoms with Crippen LogP contribution in [0.15, 0.2) is 0 Å². The van der Waals surface area contributed by atoms with Gasteiger partial charge in [0.25, 0.3) is 6.47 Å². The van der Waals surface area contributed by atoms with E-state index in [1.807, 2.05) is 0 Å². The fraction of sp³-hybridized carbons (Fsp3) is 0.500. The lowest BCUT2D eigenvalue weighted by molar-refractivity contribution is -0.123.